The van der Waals surface area contributed by atoms with E-state index < -0.39 is 0 Å². The highest BCUT2D eigenvalue weighted by atomic mass is 79.9. The van der Waals surface area contributed by atoms with Gasteiger partial charge in [0, 0.05) is 13.1 Å². The Kier molecular flexibility index (Phi) is 7.13. The molecule has 0 saturated carbocycles. The van der Waals surface area contributed by atoms with Gasteiger partial charge >= 0.3 is 0 Å². The maximum atomic E-state index is 5.88. The lowest BCUT2D eigenvalue weighted by atomic mass is 10.1. The van der Waals surface area contributed by atoms with Crippen LogP contribution in [0.3, 0.4) is 0 Å². The minimum Gasteiger partial charge on any atom is -0.490 e. The number of hydrogen-bond acceptors (Lipinski definition) is 3. The largest absolute Gasteiger partial charge is 0.490 e. The van der Waals surface area contributed by atoms with Crippen molar-refractivity contribution in [2.24, 2.45) is 0 Å². The van der Waals surface area contributed by atoms with Crippen molar-refractivity contribution in [3.63, 3.8) is 0 Å². The van der Waals surface area contributed by atoms with Crippen LogP contribution in [0.15, 0.2) is 40.9 Å². The molecule has 0 saturated heterocycles. The fraction of sp³-hybridized carbons (Fsp3) is 0.400. The third kappa shape index (κ3) is 5.53. The lowest BCUT2D eigenvalue weighted by Crippen LogP contribution is -2.13. The number of aryl methyl sites for hydroxylation is 1. The smallest absolute Gasteiger partial charge is 0.175 e. The fourth-order valence-electron chi connectivity index (χ4n) is 2.39. The predicted molar refractivity (Wildman–Crippen MR) is 103 cm³/mol. The fourth-order valence-corrected chi connectivity index (χ4v) is 2.98. The van der Waals surface area contributed by atoms with E-state index >= 15 is 0 Å². The Morgan fingerprint density at radius 3 is 2.33 bits per heavy atom. The third-order valence-electron chi connectivity index (χ3n) is 3.50. The second-order valence-corrected chi connectivity index (χ2v) is 6.95. The summed E-state index contributed by atoms with van der Waals surface area (Å²) >= 11 is 3.61. The number of benzene rings is 2. The first-order chi connectivity index (χ1) is 11.5. The monoisotopic (exact) mass is 391 g/mol. The molecule has 0 aliphatic carbocycles. The molecule has 3 nitrogen and oxygen atoms in total. The Bertz CT molecular complexity index is 653. The van der Waals surface area contributed by atoms with Crippen molar-refractivity contribution < 1.29 is 9.47 Å². The van der Waals surface area contributed by atoms with Gasteiger partial charge in [-0.15, -0.1) is 0 Å². The number of nitrogens with one attached hydrogen (secondary N) is 1. The van der Waals surface area contributed by atoms with Crippen LogP contribution < -0.4 is 14.8 Å². The quantitative estimate of drug-likeness (QED) is 0.667. The molecule has 0 radical (unpaired) electrons. The molecule has 0 aliphatic heterocycles. The highest BCUT2D eigenvalue weighted by molar-refractivity contribution is 9.10. The topological polar surface area (TPSA) is 30.5 Å². The minimum absolute atomic E-state index is 0.103. The zero-order valence-electron chi connectivity index (χ0n) is 14.9. The molecule has 0 amide bonds. The molecule has 130 valence electrons. The normalized spacial score (nSPS) is 10.9. The summed E-state index contributed by atoms with van der Waals surface area (Å²) in [7, 11) is 0. The van der Waals surface area contributed by atoms with Gasteiger partial charge in [0.2, 0.25) is 0 Å². The van der Waals surface area contributed by atoms with Crippen LogP contribution in [0.25, 0.3) is 0 Å². The van der Waals surface area contributed by atoms with E-state index in [2.05, 4.69) is 58.5 Å². The highest BCUT2D eigenvalue weighted by Gasteiger charge is 2.13. The predicted octanol–water partition coefficient (Wildman–Crippen LogP) is 5.23. The third-order valence-corrected chi connectivity index (χ3v) is 4.09. The second kappa shape index (κ2) is 9.09. The van der Waals surface area contributed by atoms with Crippen molar-refractivity contribution >= 4 is 15.9 Å². The van der Waals surface area contributed by atoms with E-state index in [0.717, 1.165) is 34.6 Å². The van der Waals surface area contributed by atoms with Gasteiger partial charge in [-0.3, -0.25) is 0 Å². The van der Waals surface area contributed by atoms with Crippen LogP contribution in [0.4, 0.5) is 0 Å². The first kappa shape index (κ1) is 18.8. The standard InChI is InChI=1S/C20H26BrNO2/c1-5-23-19-11-17(10-18(21)20(19)24-14(2)3)13-22-12-16-8-6-15(4)7-9-16/h6-11,14,22H,5,12-13H2,1-4H3. The van der Waals surface area contributed by atoms with E-state index in [4.69, 9.17) is 9.47 Å². The van der Waals surface area contributed by atoms with E-state index in [0.29, 0.717) is 6.61 Å². The number of rotatable bonds is 8. The molecule has 2 aromatic rings. The SMILES string of the molecule is CCOc1cc(CNCc2ccc(C)cc2)cc(Br)c1OC(C)C. The van der Waals surface area contributed by atoms with Crippen LogP contribution in [-0.2, 0) is 13.1 Å². The first-order valence-electron chi connectivity index (χ1n) is 8.37. The molecule has 1 N–H and O–H groups in total. The Labute approximate surface area is 153 Å². The van der Waals surface area contributed by atoms with Gasteiger partial charge in [-0.2, -0.15) is 0 Å². The molecule has 4 heteroatoms. The van der Waals surface area contributed by atoms with Crippen molar-refractivity contribution in [3.8, 4) is 11.5 Å². The molecular formula is C20H26BrNO2. The summed E-state index contributed by atoms with van der Waals surface area (Å²) < 4.78 is 12.6. The maximum absolute atomic E-state index is 5.88. The van der Waals surface area contributed by atoms with Crippen LogP contribution in [0.5, 0.6) is 11.5 Å². The van der Waals surface area contributed by atoms with Crippen LogP contribution in [-0.4, -0.2) is 12.7 Å². The van der Waals surface area contributed by atoms with Gasteiger partial charge in [0.25, 0.3) is 0 Å². The lowest BCUT2D eigenvalue weighted by Gasteiger charge is -2.17. The van der Waals surface area contributed by atoms with Crippen molar-refractivity contribution in [1.29, 1.82) is 0 Å². The maximum Gasteiger partial charge on any atom is 0.175 e. The molecule has 0 bridgehead atoms. The zero-order valence-corrected chi connectivity index (χ0v) is 16.4. The molecule has 0 atom stereocenters. The van der Waals surface area contributed by atoms with Crippen molar-refractivity contribution in [3.05, 3.63) is 57.6 Å². The molecule has 24 heavy (non-hydrogen) atoms. The molecule has 0 heterocycles. The summed E-state index contributed by atoms with van der Waals surface area (Å²) in [6.45, 7) is 10.3. The van der Waals surface area contributed by atoms with Gasteiger partial charge < -0.3 is 14.8 Å². The number of hydrogen-bond donors (Lipinski definition) is 1. The average molecular weight is 392 g/mol. The Morgan fingerprint density at radius 2 is 1.71 bits per heavy atom. The Morgan fingerprint density at radius 1 is 1.04 bits per heavy atom. The van der Waals surface area contributed by atoms with E-state index in [9.17, 15) is 0 Å². The van der Waals surface area contributed by atoms with Gasteiger partial charge in [0.15, 0.2) is 11.5 Å². The molecule has 2 rings (SSSR count). The molecule has 0 aliphatic rings. The van der Waals surface area contributed by atoms with E-state index in [1.54, 1.807) is 0 Å². The summed E-state index contributed by atoms with van der Waals surface area (Å²) in [5.41, 5.74) is 3.72. The average Bonchev–Trinajstić information content (AvgIpc) is 2.53. The van der Waals surface area contributed by atoms with Crippen molar-refractivity contribution in [1.82, 2.24) is 5.32 Å². The molecular weight excluding hydrogens is 366 g/mol. The van der Waals surface area contributed by atoms with Crippen molar-refractivity contribution in [2.75, 3.05) is 6.61 Å². The Hall–Kier alpha value is -1.52. The minimum atomic E-state index is 0.103. The van der Waals surface area contributed by atoms with Crippen molar-refractivity contribution in [2.45, 2.75) is 46.9 Å². The van der Waals surface area contributed by atoms with E-state index in [1.807, 2.05) is 26.8 Å². The summed E-state index contributed by atoms with van der Waals surface area (Å²) in [4.78, 5) is 0. The van der Waals surface area contributed by atoms with Crippen LogP contribution in [0, 0.1) is 6.92 Å². The zero-order chi connectivity index (χ0) is 17.5. The van der Waals surface area contributed by atoms with Gasteiger partial charge in [-0.05, 0) is 66.9 Å². The molecule has 0 aromatic heterocycles. The van der Waals surface area contributed by atoms with E-state index in [1.165, 1.54) is 11.1 Å². The molecule has 0 unspecified atom stereocenters. The Balaban J connectivity index is 2.05. The van der Waals surface area contributed by atoms with Gasteiger partial charge in [-0.25, -0.2) is 0 Å². The van der Waals surface area contributed by atoms with Gasteiger partial charge in [-0.1, -0.05) is 29.8 Å². The summed E-state index contributed by atoms with van der Waals surface area (Å²) in [5, 5.41) is 3.48. The summed E-state index contributed by atoms with van der Waals surface area (Å²) in [5.74, 6) is 1.56. The summed E-state index contributed by atoms with van der Waals surface area (Å²) in [6.07, 6.45) is 0.103. The first-order valence-corrected chi connectivity index (χ1v) is 9.17. The van der Waals surface area contributed by atoms with Crippen LogP contribution in [0.2, 0.25) is 0 Å². The van der Waals surface area contributed by atoms with Crippen LogP contribution >= 0.6 is 15.9 Å². The number of ether oxygens (including phenoxy) is 2. The van der Waals surface area contributed by atoms with E-state index in [-0.39, 0.29) is 6.10 Å². The lowest BCUT2D eigenvalue weighted by molar-refractivity contribution is 0.222. The highest BCUT2D eigenvalue weighted by Crippen LogP contribution is 2.37. The molecule has 2 aromatic carbocycles. The number of halogens is 1. The van der Waals surface area contributed by atoms with Gasteiger partial charge in [0.05, 0.1) is 17.2 Å². The summed E-state index contributed by atoms with van der Waals surface area (Å²) in [6, 6.07) is 12.7. The second-order valence-electron chi connectivity index (χ2n) is 6.09. The van der Waals surface area contributed by atoms with Crippen LogP contribution in [0.1, 0.15) is 37.5 Å². The molecule has 0 fully saturated rings. The van der Waals surface area contributed by atoms with Gasteiger partial charge in [0.1, 0.15) is 0 Å². The molecule has 0 spiro atoms.